The Balaban J connectivity index is 1.95. The highest BCUT2D eigenvalue weighted by Crippen LogP contribution is 2.17. The maximum absolute atomic E-state index is 12.0. The smallest absolute Gasteiger partial charge is 0.319 e. The van der Waals surface area contributed by atoms with Crippen molar-refractivity contribution in [1.29, 1.82) is 5.26 Å². The maximum atomic E-state index is 12.0. The number of nitrogens with zero attached hydrogens (tertiary/aromatic N) is 1. The SMILES string of the molecule is CC1(NC(=O)Nc2cccc(C#N)c2)CCNCC1. The number of rotatable bonds is 2. The fraction of sp³-hybridized carbons (Fsp3) is 0.429. The van der Waals surface area contributed by atoms with Crippen molar-refractivity contribution < 1.29 is 4.79 Å². The summed E-state index contributed by atoms with van der Waals surface area (Å²) in [6, 6.07) is 8.71. The Hall–Kier alpha value is -2.06. The predicted molar refractivity (Wildman–Crippen MR) is 73.8 cm³/mol. The van der Waals surface area contributed by atoms with Gasteiger partial charge in [0, 0.05) is 11.2 Å². The molecule has 0 unspecified atom stereocenters. The van der Waals surface area contributed by atoms with Gasteiger partial charge in [-0.25, -0.2) is 4.79 Å². The van der Waals surface area contributed by atoms with Gasteiger partial charge in [-0.1, -0.05) is 6.07 Å². The van der Waals surface area contributed by atoms with Gasteiger partial charge < -0.3 is 16.0 Å². The summed E-state index contributed by atoms with van der Waals surface area (Å²) in [6.07, 6.45) is 1.83. The van der Waals surface area contributed by atoms with Crippen LogP contribution in [0, 0.1) is 11.3 Å². The van der Waals surface area contributed by atoms with Crippen LogP contribution in [0.4, 0.5) is 10.5 Å². The zero-order valence-electron chi connectivity index (χ0n) is 11.0. The number of piperidine rings is 1. The molecule has 0 radical (unpaired) electrons. The van der Waals surface area contributed by atoms with E-state index in [9.17, 15) is 4.79 Å². The zero-order chi connectivity index (χ0) is 13.7. The van der Waals surface area contributed by atoms with Crippen molar-refractivity contribution in [1.82, 2.24) is 10.6 Å². The van der Waals surface area contributed by atoms with Gasteiger partial charge in [0.05, 0.1) is 11.6 Å². The molecule has 1 heterocycles. The second-order valence-corrected chi connectivity index (χ2v) is 5.08. The Morgan fingerprint density at radius 2 is 2.16 bits per heavy atom. The van der Waals surface area contributed by atoms with Gasteiger partial charge in [0.1, 0.15) is 0 Å². The number of benzene rings is 1. The molecule has 1 aromatic carbocycles. The quantitative estimate of drug-likeness (QED) is 0.757. The van der Waals surface area contributed by atoms with Crippen LogP contribution in [-0.4, -0.2) is 24.7 Å². The van der Waals surface area contributed by atoms with Crippen LogP contribution in [0.1, 0.15) is 25.3 Å². The number of anilines is 1. The average Bonchev–Trinajstić information content (AvgIpc) is 2.39. The lowest BCUT2D eigenvalue weighted by molar-refractivity contribution is 0.225. The van der Waals surface area contributed by atoms with E-state index in [1.54, 1.807) is 24.3 Å². The van der Waals surface area contributed by atoms with Crippen molar-refractivity contribution in [2.45, 2.75) is 25.3 Å². The summed E-state index contributed by atoms with van der Waals surface area (Å²) >= 11 is 0. The van der Waals surface area contributed by atoms with E-state index in [4.69, 9.17) is 5.26 Å². The van der Waals surface area contributed by atoms with E-state index in [-0.39, 0.29) is 11.6 Å². The lowest BCUT2D eigenvalue weighted by Gasteiger charge is -2.34. The van der Waals surface area contributed by atoms with Crippen molar-refractivity contribution in [3.05, 3.63) is 29.8 Å². The molecule has 2 rings (SSSR count). The summed E-state index contributed by atoms with van der Waals surface area (Å²) in [6.45, 7) is 3.89. The molecule has 0 aromatic heterocycles. The minimum absolute atomic E-state index is 0.165. The molecule has 1 aliphatic heterocycles. The molecular formula is C14H18N4O. The van der Waals surface area contributed by atoms with Gasteiger partial charge >= 0.3 is 6.03 Å². The topological polar surface area (TPSA) is 77.0 Å². The van der Waals surface area contributed by atoms with Crippen LogP contribution in [0.25, 0.3) is 0 Å². The summed E-state index contributed by atoms with van der Waals surface area (Å²) < 4.78 is 0. The molecule has 5 heteroatoms. The summed E-state index contributed by atoms with van der Waals surface area (Å²) in [7, 11) is 0. The second-order valence-electron chi connectivity index (χ2n) is 5.08. The maximum Gasteiger partial charge on any atom is 0.319 e. The van der Waals surface area contributed by atoms with Crippen LogP contribution in [0.2, 0.25) is 0 Å². The summed E-state index contributed by atoms with van der Waals surface area (Å²) in [4.78, 5) is 12.0. The van der Waals surface area contributed by atoms with Crippen LogP contribution in [0.3, 0.4) is 0 Å². The summed E-state index contributed by atoms with van der Waals surface area (Å²) in [5.74, 6) is 0. The lowest BCUT2D eigenvalue weighted by atomic mass is 9.91. The van der Waals surface area contributed by atoms with Crippen LogP contribution < -0.4 is 16.0 Å². The molecule has 100 valence electrons. The molecule has 2 amide bonds. The standard InChI is InChI=1S/C14H18N4O/c1-14(5-7-16-8-6-14)18-13(19)17-12-4-2-3-11(9-12)10-15/h2-4,9,16H,5-8H2,1H3,(H2,17,18,19). The number of urea groups is 1. The van der Waals surface area contributed by atoms with Crippen molar-refractivity contribution in [3.8, 4) is 6.07 Å². The number of hydrogen-bond acceptors (Lipinski definition) is 3. The van der Waals surface area contributed by atoms with Gasteiger partial charge in [-0.2, -0.15) is 5.26 Å². The molecule has 1 saturated heterocycles. The van der Waals surface area contributed by atoms with Gasteiger partial charge in [-0.15, -0.1) is 0 Å². The third-order valence-corrected chi connectivity index (χ3v) is 3.37. The first-order valence-corrected chi connectivity index (χ1v) is 6.41. The van der Waals surface area contributed by atoms with Crippen molar-refractivity contribution in [2.75, 3.05) is 18.4 Å². The molecule has 0 atom stereocenters. The minimum Gasteiger partial charge on any atom is -0.333 e. The molecule has 0 saturated carbocycles. The third-order valence-electron chi connectivity index (χ3n) is 3.37. The second kappa shape index (κ2) is 5.72. The highest BCUT2D eigenvalue weighted by molar-refractivity contribution is 5.89. The van der Waals surface area contributed by atoms with Gasteiger partial charge in [-0.05, 0) is 51.1 Å². The van der Waals surface area contributed by atoms with Gasteiger partial charge in [0.25, 0.3) is 0 Å². The number of carbonyl (C=O) groups excluding carboxylic acids is 1. The van der Waals surface area contributed by atoms with Crippen molar-refractivity contribution >= 4 is 11.7 Å². The Kier molecular flexibility index (Phi) is 4.03. The molecule has 1 aromatic rings. The summed E-state index contributed by atoms with van der Waals surface area (Å²) in [5, 5.41) is 17.9. The van der Waals surface area contributed by atoms with Crippen LogP contribution in [0.5, 0.6) is 0 Å². The fourth-order valence-electron chi connectivity index (χ4n) is 2.21. The first kappa shape index (κ1) is 13.4. The predicted octanol–water partition coefficient (Wildman–Crippen LogP) is 1.82. The molecule has 0 spiro atoms. The van der Waals surface area contributed by atoms with E-state index in [0.29, 0.717) is 11.3 Å². The number of amides is 2. The number of nitrogens with one attached hydrogen (secondary N) is 3. The molecule has 1 fully saturated rings. The van der Waals surface area contributed by atoms with Gasteiger partial charge in [0.15, 0.2) is 0 Å². The zero-order valence-corrected chi connectivity index (χ0v) is 11.0. The fourth-order valence-corrected chi connectivity index (χ4v) is 2.21. The highest BCUT2D eigenvalue weighted by Gasteiger charge is 2.28. The van der Waals surface area contributed by atoms with E-state index in [1.807, 2.05) is 6.07 Å². The Labute approximate surface area is 113 Å². The van der Waals surface area contributed by atoms with Crippen LogP contribution >= 0.6 is 0 Å². The Bertz CT molecular complexity index is 500. The first-order chi connectivity index (χ1) is 9.11. The molecule has 5 nitrogen and oxygen atoms in total. The minimum atomic E-state index is -0.223. The number of carbonyl (C=O) groups is 1. The highest BCUT2D eigenvalue weighted by atomic mass is 16.2. The molecular weight excluding hydrogens is 240 g/mol. The van der Waals surface area contributed by atoms with Crippen molar-refractivity contribution in [3.63, 3.8) is 0 Å². The molecule has 0 bridgehead atoms. The van der Waals surface area contributed by atoms with Crippen LogP contribution in [0.15, 0.2) is 24.3 Å². The average molecular weight is 258 g/mol. The van der Waals surface area contributed by atoms with E-state index >= 15 is 0 Å². The number of hydrogen-bond donors (Lipinski definition) is 3. The first-order valence-electron chi connectivity index (χ1n) is 6.41. The van der Waals surface area contributed by atoms with E-state index in [0.717, 1.165) is 25.9 Å². The van der Waals surface area contributed by atoms with E-state index in [1.165, 1.54) is 0 Å². The van der Waals surface area contributed by atoms with E-state index < -0.39 is 0 Å². The Morgan fingerprint density at radius 3 is 2.84 bits per heavy atom. The number of nitriles is 1. The van der Waals surface area contributed by atoms with Crippen LogP contribution in [-0.2, 0) is 0 Å². The normalized spacial score (nSPS) is 17.3. The molecule has 1 aliphatic rings. The Morgan fingerprint density at radius 1 is 1.42 bits per heavy atom. The monoisotopic (exact) mass is 258 g/mol. The lowest BCUT2D eigenvalue weighted by Crippen LogP contribution is -2.53. The molecule has 3 N–H and O–H groups in total. The van der Waals surface area contributed by atoms with E-state index in [2.05, 4.69) is 22.9 Å². The third kappa shape index (κ3) is 3.70. The van der Waals surface area contributed by atoms with Crippen molar-refractivity contribution in [2.24, 2.45) is 0 Å². The summed E-state index contributed by atoms with van der Waals surface area (Å²) in [5.41, 5.74) is 1.00. The molecule has 19 heavy (non-hydrogen) atoms. The van der Waals surface area contributed by atoms with Gasteiger partial charge in [0.2, 0.25) is 0 Å². The van der Waals surface area contributed by atoms with Gasteiger partial charge in [-0.3, -0.25) is 0 Å². The molecule has 0 aliphatic carbocycles. The largest absolute Gasteiger partial charge is 0.333 e.